The van der Waals surface area contributed by atoms with Crippen LogP contribution in [0.25, 0.3) is 11.3 Å². The van der Waals surface area contributed by atoms with E-state index >= 15 is 0 Å². The molecule has 1 aromatic heterocycles. The largest absolute Gasteiger partial charge is 0.475 e. The van der Waals surface area contributed by atoms with E-state index in [-0.39, 0.29) is 18.9 Å². The van der Waals surface area contributed by atoms with Crippen LogP contribution in [0.15, 0.2) is 71.1 Å². The lowest BCUT2D eigenvalue weighted by Crippen LogP contribution is -2.24. The minimum atomic E-state index is -1.11. The maximum atomic E-state index is 11.6. The van der Waals surface area contributed by atoms with Gasteiger partial charge in [0, 0.05) is 11.1 Å². The first kappa shape index (κ1) is 18.8. The molecule has 0 bridgehead atoms. The van der Waals surface area contributed by atoms with Gasteiger partial charge in [-0.25, -0.2) is 9.59 Å². The molecule has 0 radical (unpaired) electrons. The lowest BCUT2D eigenvalue weighted by Gasteiger charge is -2.04. The second-order valence-electron chi connectivity index (χ2n) is 5.76. The molecule has 0 spiro atoms. The van der Waals surface area contributed by atoms with Gasteiger partial charge in [-0.3, -0.25) is 0 Å². The number of rotatable bonds is 5. The molecule has 6 nitrogen and oxygen atoms in total. The Bertz CT molecular complexity index is 1010. The van der Waals surface area contributed by atoms with E-state index in [2.05, 4.69) is 17.2 Å². The maximum absolute atomic E-state index is 11.6. The molecule has 0 aliphatic heterocycles. The fourth-order valence-corrected chi connectivity index (χ4v) is 2.36. The first-order valence-electron chi connectivity index (χ1n) is 8.49. The number of aromatic carboxylic acids is 1. The van der Waals surface area contributed by atoms with Crippen molar-refractivity contribution in [3.05, 3.63) is 83.6 Å². The van der Waals surface area contributed by atoms with Crippen LogP contribution < -0.4 is 5.32 Å². The summed E-state index contributed by atoms with van der Waals surface area (Å²) in [5.74, 6) is 5.03. The summed E-state index contributed by atoms with van der Waals surface area (Å²) in [5.41, 5.74) is 2.42. The molecule has 3 rings (SSSR count). The highest BCUT2D eigenvalue weighted by Crippen LogP contribution is 2.22. The molecule has 6 heteroatoms. The molecule has 0 aliphatic rings. The van der Waals surface area contributed by atoms with Crippen LogP contribution in [0.5, 0.6) is 0 Å². The fourth-order valence-electron chi connectivity index (χ4n) is 2.36. The van der Waals surface area contributed by atoms with Gasteiger partial charge in [-0.15, -0.1) is 0 Å². The number of amides is 1. The summed E-state index contributed by atoms with van der Waals surface area (Å²) < 4.78 is 10.3. The van der Waals surface area contributed by atoms with Crippen LogP contribution in [0.3, 0.4) is 0 Å². The Morgan fingerprint density at radius 1 is 1.00 bits per heavy atom. The van der Waals surface area contributed by atoms with Crippen molar-refractivity contribution in [2.75, 3.05) is 6.54 Å². The Kier molecular flexibility index (Phi) is 6.11. The number of hydrogen-bond acceptors (Lipinski definition) is 4. The topological polar surface area (TPSA) is 88.8 Å². The number of benzene rings is 2. The molecule has 0 atom stereocenters. The summed E-state index contributed by atoms with van der Waals surface area (Å²) >= 11 is 0. The van der Waals surface area contributed by atoms with Gasteiger partial charge in [0.05, 0.1) is 6.54 Å². The molecule has 0 saturated heterocycles. The van der Waals surface area contributed by atoms with Crippen LogP contribution in [0, 0.1) is 11.8 Å². The molecule has 0 unspecified atom stereocenters. The first-order chi connectivity index (χ1) is 13.6. The highest BCUT2D eigenvalue weighted by Gasteiger charge is 2.10. The average molecular weight is 375 g/mol. The van der Waals surface area contributed by atoms with Crippen molar-refractivity contribution >= 4 is 12.1 Å². The predicted molar refractivity (Wildman–Crippen MR) is 103 cm³/mol. The van der Waals surface area contributed by atoms with Crippen LogP contribution in [-0.4, -0.2) is 23.7 Å². The maximum Gasteiger partial charge on any atom is 0.408 e. The van der Waals surface area contributed by atoms with E-state index in [9.17, 15) is 9.59 Å². The molecule has 0 aliphatic carbocycles. The zero-order chi connectivity index (χ0) is 19.8. The Morgan fingerprint density at radius 3 is 2.43 bits per heavy atom. The molecule has 28 heavy (non-hydrogen) atoms. The van der Waals surface area contributed by atoms with Crippen LogP contribution in [0.2, 0.25) is 0 Å². The quantitative estimate of drug-likeness (QED) is 0.660. The van der Waals surface area contributed by atoms with Gasteiger partial charge >= 0.3 is 12.1 Å². The summed E-state index contributed by atoms with van der Waals surface area (Å²) in [4.78, 5) is 22.5. The number of carbonyl (C=O) groups is 2. The van der Waals surface area contributed by atoms with Crippen molar-refractivity contribution in [3.8, 4) is 23.2 Å². The third kappa shape index (κ3) is 5.26. The van der Waals surface area contributed by atoms with Crippen LogP contribution >= 0.6 is 0 Å². The summed E-state index contributed by atoms with van der Waals surface area (Å²) in [6.07, 6.45) is -0.527. The van der Waals surface area contributed by atoms with Gasteiger partial charge in [-0.2, -0.15) is 0 Å². The van der Waals surface area contributed by atoms with Gasteiger partial charge in [0.25, 0.3) is 0 Å². The summed E-state index contributed by atoms with van der Waals surface area (Å²) in [5, 5.41) is 11.5. The number of carboxylic acids is 1. The number of carboxylic acid groups (broad SMARTS) is 1. The van der Waals surface area contributed by atoms with Crippen LogP contribution in [-0.2, 0) is 11.3 Å². The lowest BCUT2D eigenvalue weighted by molar-refractivity contribution is 0.0663. The molecule has 1 amide bonds. The molecule has 1 heterocycles. The van der Waals surface area contributed by atoms with Gasteiger partial charge in [0.15, 0.2) is 0 Å². The standard InChI is InChI=1S/C22H17NO5/c24-21(25)20-13-12-19(28-20)18-10-8-16(9-11-18)7-4-14-23-22(26)27-15-17-5-2-1-3-6-17/h1-3,5-6,8-13H,14-15H2,(H,23,26)(H,24,25). The number of alkyl carbamates (subject to hydrolysis) is 1. The number of carbonyl (C=O) groups excluding carboxylic acids is 1. The Labute approximate surface area is 161 Å². The zero-order valence-corrected chi connectivity index (χ0v) is 14.8. The van der Waals surface area contributed by atoms with Crippen molar-refractivity contribution in [2.24, 2.45) is 0 Å². The minimum Gasteiger partial charge on any atom is -0.475 e. The molecule has 2 aromatic carbocycles. The smallest absolute Gasteiger partial charge is 0.408 e. The Balaban J connectivity index is 1.47. The van der Waals surface area contributed by atoms with Gasteiger partial charge in [0.1, 0.15) is 12.4 Å². The van der Waals surface area contributed by atoms with Crippen LogP contribution in [0.4, 0.5) is 4.79 Å². The van der Waals surface area contributed by atoms with Crippen molar-refractivity contribution in [1.82, 2.24) is 5.32 Å². The molecular formula is C22H17NO5. The van der Waals surface area contributed by atoms with E-state index in [1.807, 2.05) is 30.3 Å². The van der Waals surface area contributed by atoms with E-state index in [4.69, 9.17) is 14.3 Å². The molecular weight excluding hydrogens is 358 g/mol. The van der Waals surface area contributed by atoms with Gasteiger partial charge in [-0.05, 0) is 29.8 Å². The van der Waals surface area contributed by atoms with E-state index < -0.39 is 12.1 Å². The van der Waals surface area contributed by atoms with Crippen molar-refractivity contribution in [2.45, 2.75) is 6.61 Å². The predicted octanol–water partition coefficient (Wildman–Crippen LogP) is 3.92. The summed E-state index contributed by atoms with van der Waals surface area (Å²) in [6, 6.07) is 19.6. The van der Waals surface area contributed by atoms with Crippen molar-refractivity contribution in [1.29, 1.82) is 0 Å². The monoisotopic (exact) mass is 375 g/mol. The highest BCUT2D eigenvalue weighted by atomic mass is 16.5. The molecule has 140 valence electrons. The van der Waals surface area contributed by atoms with Gasteiger partial charge in [0.2, 0.25) is 5.76 Å². The number of hydrogen-bond donors (Lipinski definition) is 2. The van der Waals surface area contributed by atoms with E-state index in [1.165, 1.54) is 6.07 Å². The van der Waals surface area contributed by atoms with Crippen molar-refractivity contribution < 1.29 is 23.8 Å². The van der Waals surface area contributed by atoms with Gasteiger partial charge < -0.3 is 19.6 Å². The lowest BCUT2D eigenvalue weighted by atomic mass is 10.1. The second kappa shape index (κ2) is 9.10. The average Bonchev–Trinajstić information content (AvgIpc) is 3.21. The van der Waals surface area contributed by atoms with E-state index in [0.717, 1.165) is 16.7 Å². The second-order valence-corrected chi connectivity index (χ2v) is 5.76. The Morgan fingerprint density at radius 2 is 1.75 bits per heavy atom. The fraction of sp³-hybridized carbons (Fsp3) is 0.0909. The van der Waals surface area contributed by atoms with Crippen molar-refractivity contribution in [3.63, 3.8) is 0 Å². The third-order valence-electron chi connectivity index (χ3n) is 3.75. The van der Waals surface area contributed by atoms with E-state index in [1.54, 1.807) is 30.3 Å². The van der Waals surface area contributed by atoms with Gasteiger partial charge in [-0.1, -0.05) is 54.3 Å². The minimum absolute atomic E-state index is 0.107. The number of furan rings is 1. The van der Waals surface area contributed by atoms with E-state index in [0.29, 0.717) is 5.76 Å². The normalized spacial score (nSPS) is 9.86. The zero-order valence-electron chi connectivity index (χ0n) is 14.8. The Hall–Kier alpha value is -3.98. The number of ether oxygens (including phenoxy) is 1. The molecule has 0 fully saturated rings. The number of nitrogens with one attached hydrogen (secondary N) is 1. The molecule has 3 aromatic rings. The molecule has 0 saturated carbocycles. The first-order valence-corrected chi connectivity index (χ1v) is 8.49. The SMILES string of the molecule is O=C(NCC#Cc1ccc(-c2ccc(C(=O)O)o2)cc1)OCc1ccccc1. The summed E-state index contributed by atoms with van der Waals surface area (Å²) in [7, 11) is 0. The molecule has 2 N–H and O–H groups in total. The summed E-state index contributed by atoms with van der Waals surface area (Å²) in [6.45, 7) is 0.369. The highest BCUT2D eigenvalue weighted by molar-refractivity contribution is 5.85. The van der Waals surface area contributed by atoms with Crippen LogP contribution in [0.1, 0.15) is 21.7 Å². The third-order valence-corrected chi connectivity index (χ3v) is 3.75.